The molecule has 3 aromatic rings. The van der Waals surface area contributed by atoms with Gasteiger partial charge >= 0.3 is 0 Å². The number of imide groups is 1. The van der Waals surface area contributed by atoms with Gasteiger partial charge in [0.05, 0.1) is 17.9 Å². The summed E-state index contributed by atoms with van der Waals surface area (Å²) in [5.41, 5.74) is 0.830. The van der Waals surface area contributed by atoms with Gasteiger partial charge in [-0.3, -0.25) is 9.59 Å². The molecule has 0 saturated carbocycles. The van der Waals surface area contributed by atoms with Crippen LogP contribution in [0.15, 0.2) is 72.4 Å². The molecule has 0 atom stereocenters. The van der Waals surface area contributed by atoms with Crippen molar-refractivity contribution >= 4 is 40.4 Å². The molecule has 0 bridgehead atoms. The maximum absolute atomic E-state index is 13.7. The van der Waals surface area contributed by atoms with Gasteiger partial charge in [0.2, 0.25) is 0 Å². The van der Waals surface area contributed by atoms with Gasteiger partial charge in [-0.1, -0.05) is 35.9 Å². The number of anilines is 2. The molecule has 1 N–H and O–H groups in total. The van der Waals surface area contributed by atoms with E-state index in [1.807, 2.05) is 0 Å². The molecule has 4 rings (SSSR count). The molecule has 1 aliphatic heterocycles. The van der Waals surface area contributed by atoms with Crippen molar-refractivity contribution in [1.29, 1.82) is 0 Å². The highest BCUT2D eigenvalue weighted by molar-refractivity contribution is 6.46. The minimum Gasteiger partial charge on any atom is -0.492 e. The van der Waals surface area contributed by atoms with Gasteiger partial charge in [0, 0.05) is 16.8 Å². The van der Waals surface area contributed by atoms with E-state index in [2.05, 4.69) is 5.32 Å². The SMILES string of the molecule is CCOc1ccccc1N1C(=O)C(Nc2ccc(F)c(F)c2)=C(c2ccc(Cl)cc2)C1=O. The van der Waals surface area contributed by atoms with Crippen molar-refractivity contribution in [3.8, 4) is 5.75 Å². The normalized spacial score (nSPS) is 13.7. The van der Waals surface area contributed by atoms with Crippen LogP contribution in [0.1, 0.15) is 12.5 Å². The lowest BCUT2D eigenvalue weighted by molar-refractivity contribution is -0.120. The number of nitrogens with zero attached hydrogens (tertiary/aromatic N) is 1. The van der Waals surface area contributed by atoms with E-state index in [-0.39, 0.29) is 22.6 Å². The largest absolute Gasteiger partial charge is 0.492 e. The van der Waals surface area contributed by atoms with E-state index in [0.29, 0.717) is 22.9 Å². The molecule has 0 fully saturated rings. The molecule has 2 amide bonds. The van der Waals surface area contributed by atoms with E-state index in [9.17, 15) is 18.4 Å². The van der Waals surface area contributed by atoms with Gasteiger partial charge in [0.25, 0.3) is 11.8 Å². The number of ether oxygens (including phenoxy) is 1. The van der Waals surface area contributed by atoms with E-state index >= 15 is 0 Å². The second-order valence-electron chi connectivity index (χ2n) is 6.86. The summed E-state index contributed by atoms with van der Waals surface area (Å²) in [4.78, 5) is 27.9. The standard InChI is InChI=1S/C24H17ClF2N2O3/c1-2-32-20-6-4-3-5-19(20)29-23(30)21(14-7-9-15(25)10-8-14)22(24(29)31)28-16-11-12-17(26)18(27)13-16/h3-13,28H,2H2,1H3. The summed E-state index contributed by atoms with van der Waals surface area (Å²) in [7, 11) is 0. The lowest BCUT2D eigenvalue weighted by Crippen LogP contribution is -2.32. The molecule has 1 heterocycles. The van der Waals surface area contributed by atoms with Gasteiger partial charge in [0.1, 0.15) is 11.4 Å². The summed E-state index contributed by atoms with van der Waals surface area (Å²) in [5, 5.41) is 3.25. The summed E-state index contributed by atoms with van der Waals surface area (Å²) >= 11 is 5.97. The van der Waals surface area contributed by atoms with Gasteiger partial charge in [-0.15, -0.1) is 0 Å². The van der Waals surface area contributed by atoms with Crippen molar-refractivity contribution in [3.63, 3.8) is 0 Å². The topological polar surface area (TPSA) is 58.6 Å². The minimum absolute atomic E-state index is 0.0719. The van der Waals surface area contributed by atoms with Gasteiger partial charge in [-0.25, -0.2) is 13.7 Å². The van der Waals surface area contributed by atoms with Gasteiger partial charge in [-0.05, 0) is 48.9 Å². The average molecular weight is 455 g/mol. The number of carbonyl (C=O) groups excluding carboxylic acids is 2. The molecule has 3 aromatic carbocycles. The van der Waals surface area contributed by atoms with Crippen LogP contribution >= 0.6 is 11.6 Å². The first-order valence-corrected chi connectivity index (χ1v) is 10.1. The average Bonchev–Trinajstić information content (AvgIpc) is 3.01. The zero-order valence-electron chi connectivity index (χ0n) is 16.9. The number of hydrogen-bond donors (Lipinski definition) is 1. The summed E-state index contributed by atoms with van der Waals surface area (Å²) in [5.74, 6) is -2.99. The Labute approximate surface area is 187 Å². The molecule has 32 heavy (non-hydrogen) atoms. The Kier molecular flexibility index (Phi) is 5.92. The number of rotatable bonds is 6. The van der Waals surface area contributed by atoms with Gasteiger partial charge in [0.15, 0.2) is 11.6 Å². The first-order chi connectivity index (χ1) is 15.4. The van der Waals surface area contributed by atoms with Crippen LogP contribution in [0.5, 0.6) is 5.75 Å². The molecule has 8 heteroatoms. The smallest absolute Gasteiger partial charge is 0.282 e. The Morgan fingerprint density at radius 2 is 1.66 bits per heavy atom. The molecule has 0 unspecified atom stereocenters. The fraction of sp³-hybridized carbons (Fsp3) is 0.0833. The molecular formula is C24H17ClF2N2O3. The van der Waals surface area contributed by atoms with Crippen LogP contribution in [0.2, 0.25) is 5.02 Å². The van der Waals surface area contributed by atoms with E-state index in [1.165, 1.54) is 6.07 Å². The molecular weight excluding hydrogens is 438 g/mol. The molecule has 162 valence electrons. The summed E-state index contributed by atoms with van der Waals surface area (Å²) in [6, 6.07) is 16.2. The summed E-state index contributed by atoms with van der Waals surface area (Å²) in [6.45, 7) is 2.13. The third-order valence-corrected chi connectivity index (χ3v) is 5.06. The molecule has 0 aliphatic carbocycles. The van der Waals surface area contributed by atoms with E-state index in [0.717, 1.165) is 17.0 Å². The molecule has 0 spiro atoms. The van der Waals surface area contributed by atoms with Crippen LogP contribution in [0.25, 0.3) is 5.57 Å². The molecule has 1 aliphatic rings. The summed E-state index contributed by atoms with van der Waals surface area (Å²) in [6.07, 6.45) is 0. The number of amides is 2. The molecule has 0 aromatic heterocycles. The lowest BCUT2D eigenvalue weighted by atomic mass is 10.0. The number of para-hydroxylation sites is 2. The van der Waals surface area contributed by atoms with Crippen LogP contribution in [0.4, 0.5) is 20.2 Å². The quantitative estimate of drug-likeness (QED) is 0.506. The number of hydrogen-bond acceptors (Lipinski definition) is 4. The minimum atomic E-state index is -1.08. The third kappa shape index (κ3) is 3.94. The van der Waals surface area contributed by atoms with Crippen molar-refractivity contribution in [3.05, 3.63) is 94.6 Å². The monoisotopic (exact) mass is 454 g/mol. The van der Waals surface area contributed by atoms with E-state index in [4.69, 9.17) is 16.3 Å². The van der Waals surface area contributed by atoms with Gasteiger partial charge < -0.3 is 10.1 Å². The van der Waals surface area contributed by atoms with Crippen molar-refractivity contribution in [2.24, 2.45) is 0 Å². The van der Waals surface area contributed by atoms with Crippen LogP contribution in [-0.2, 0) is 9.59 Å². The lowest BCUT2D eigenvalue weighted by Gasteiger charge is -2.19. The maximum Gasteiger partial charge on any atom is 0.282 e. The number of nitrogens with one attached hydrogen (secondary N) is 1. The highest BCUT2D eigenvalue weighted by Gasteiger charge is 2.41. The molecule has 0 radical (unpaired) electrons. The Morgan fingerprint density at radius 3 is 2.34 bits per heavy atom. The maximum atomic E-state index is 13.7. The van der Waals surface area contributed by atoms with Crippen LogP contribution in [0.3, 0.4) is 0 Å². The first kappa shape index (κ1) is 21.5. The highest BCUT2D eigenvalue weighted by atomic mass is 35.5. The number of halogens is 3. The second-order valence-corrected chi connectivity index (χ2v) is 7.29. The van der Waals surface area contributed by atoms with Crippen molar-refractivity contribution < 1.29 is 23.1 Å². The fourth-order valence-electron chi connectivity index (χ4n) is 3.39. The highest BCUT2D eigenvalue weighted by Crippen LogP contribution is 2.38. The Balaban J connectivity index is 1.83. The summed E-state index contributed by atoms with van der Waals surface area (Å²) < 4.78 is 32.7. The number of benzene rings is 3. The zero-order valence-corrected chi connectivity index (χ0v) is 17.6. The predicted octanol–water partition coefficient (Wildman–Crippen LogP) is 5.41. The molecule has 5 nitrogen and oxygen atoms in total. The molecule has 0 saturated heterocycles. The third-order valence-electron chi connectivity index (χ3n) is 4.81. The predicted molar refractivity (Wildman–Crippen MR) is 118 cm³/mol. The Hall–Kier alpha value is -3.71. The fourth-order valence-corrected chi connectivity index (χ4v) is 3.51. The van der Waals surface area contributed by atoms with E-state index in [1.54, 1.807) is 55.5 Å². The van der Waals surface area contributed by atoms with Crippen molar-refractivity contribution in [2.45, 2.75) is 6.92 Å². The van der Waals surface area contributed by atoms with Gasteiger partial charge in [-0.2, -0.15) is 0 Å². The van der Waals surface area contributed by atoms with Crippen LogP contribution in [0, 0.1) is 11.6 Å². The van der Waals surface area contributed by atoms with Crippen molar-refractivity contribution in [2.75, 3.05) is 16.8 Å². The first-order valence-electron chi connectivity index (χ1n) is 9.73. The van der Waals surface area contributed by atoms with Crippen LogP contribution < -0.4 is 15.0 Å². The zero-order chi connectivity index (χ0) is 22.8. The number of carbonyl (C=O) groups is 2. The van der Waals surface area contributed by atoms with E-state index < -0.39 is 23.4 Å². The van der Waals surface area contributed by atoms with Crippen molar-refractivity contribution in [1.82, 2.24) is 0 Å². The Morgan fingerprint density at radius 1 is 0.938 bits per heavy atom. The second kappa shape index (κ2) is 8.80. The van der Waals surface area contributed by atoms with Crippen LogP contribution in [-0.4, -0.2) is 18.4 Å². The Bertz CT molecular complexity index is 1240.